The first kappa shape index (κ1) is 13.0. The highest BCUT2D eigenvalue weighted by Gasteiger charge is 2.36. The highest BCUT2D eigenvalue weighted by Crippen LogP contribution is 2.36. The van der Waals surface area contributed by atoms with Crippen LogP contribution < -0.4 is 0 Å². The summed E-state index contributed by atoms with van der Waals surface area (Å²) in [5.41, 5.74) is 0. The van der Waals surface area contributed by atoms with Gasteiger partial charge >= 0.3 is 0 Å². The SMILES string of the molecule is CC[C@H](C)[C@@H](C)N(Cc1nnnn1C1CC1)C1CC1. The zero-order valence-electron chi connectivity index (χ0n) is 12.3. The highest BCUT2D eigenvalue weighted by molar-refractivity contribution is 4.95. The van der Waals surface area contributed by atoms with Gasteiger partial charge in [0.15, 0.2) is 5.82 Å². The molecular weight excluding hydrogens is 238 g/mol. The van der Waals surface area contributed by atoms with Crippen LogP contribution in [0.3, 0.4) is 0 Å². The predicted octanol–water partition coefficient (Wildman–Crippen LogP) is 2.41. The van der Waals surface area contributed by atoms with Gasteiger partial charge in [0.2, 0.25) is 0 Å². The fraction of sp³-hybridized carbons (Fsp3) is 0.929. The molecular formula is C14H25N5. The van der Waals surface area contributed by atoms with Crippen LogP contribution in [-0.4, -0.2) is 37.2 Å². The van der Waals surface area contributed by atoms with Crippen molar-refractivity contribution in [2.45, 2.75) is 77.5 Å². The summed E-state index contributed by atoms with van der Waals surface area (Å²) in [6, 6.07) is 1.94. The summed E-state index contributed by atoms with van der Waals surface area (Å²) in [5.74, 6) is 1.79. The molecule has 0 radical (unpaired) electrons. The van der Waals surface area contributed by atoms with Gasteiger partial charge in [-0.15, -0.1) is 5.10 Å². The number of nitrogens with zero attached hydrogens (tertiary/aromatic N) is 5. The molecule has 0 amide bonds. The quantitative estimate of drug-likeness (QED) is 0.758. The molecule has 5 nitrogen and oxygen atoms in total. The van der Waals surface area contributed by atoms with Crippen LogP contribution in [0.4, 0.5) is 0 Å². The van der Waals surface area contributed by atoms with Crippen molar-refractivity contribution in [2.24, 2.45) is 5.92 Å². The van der Waals surface area contributed by atoms with Crippen molar-refractivity contribution < 1.29 is 0 Å². The molecule has 0 spiro atoms. The molecule has 1 aromatic rings. The van der Waals surface area contributed by atoms with Crippen molar-refractivity contribution in [3.63, 3.8) is 0 Å². The maximum atomic E-state index is 4.26. The summed E-state index contributed by atoms with van der Waals surface area (Å²) in [6.07, 6.45) is 6.39. The monoisotopic (exact) mass is 263 g/mol. The average Bonchev–Trinajstić information content (AvgIpc) is 3.34. The Kier molecular flexibility index (Phi) is 3.56. The second kappa shape index (κ2) is 5.19. The van der Waals surface area contributed by atoms with Crippen LogP contribution in [0.5, 0.6) is 0 Å². The molecule has 2 saturated carbocycles. The first-order valence-corrected chi connectivity index (χ1v) is 7.73. The molecule has 0 saturated heterocycles. The summed E-state index contributed by atoms with van der Waals surface area (Å²) in [5, 5.41) is 12.3. The Bertz CT molecular complexity index is 421. The number of rotatable bonds is 7. The minimum atomic E-state index is 0.574. The first-order valence-electron chi connectivity index (χ1n) is 7.73. The second-order valence-electron chi connectivity index (χ2n) is 6.30. The van der Waals surface area contributed by atoms with Gasteiger partial charge in [-0.3, -0.25) is 4.90 Å². The van der Waals surface area contributed by atoms with Crippen LogP contribution in [0.15, 0.2) is 0 Å². The number of hydrogen-bond acceptors (Lipinski definition) is 4. The third-order valence-electron chi connectivity index (χ3n) is 4.78. The van der Waals surface area contributed by atoms with Gasteiger partial charge in [-0.05, 0) is 49.0 Å². The van der Waals surface area contributed by atoms with E-state index in [9.17, 15) is 0 Å². The molecule has 1 heterocycles. The third kappa shape index (κ3) is 2.81. The molecule has 5 heteroatoms. The molecule has 1 aromatic heterocycles. The Morgan fingerprint density at radius 2 is 2.00 bits per heavy atom. The first-order chi connectivity index (χ1) is 9.20. The van der Waals surface area contributed by atoms with Crippen LogP contribution in [0.25, 0.3) is 0 Å². The largest absolute Gasteiger partial charge is 0.290 e. The number of aromatic nitrogens is 4. The van der Waals surface area contributed by atoms with Gasteiger partial charge in [-0.25, -0.2) is 4.68 Å². The van der Waals surface area contributed by atoms with E-state index in [0.717, 1.165) is 24.3 Å². The van der Waals surface area contributed by atoms with Crippen molar-refractivity contribution in [2.75, 3.05) is 0 Å². The minimum Gasteiger partial charge on any atom is -0.290 e. The van der Waals surface area contributed by atoms with Crippen molar-refractivity contribution in [1.82, 2.24) is 25.1 Å². The third-order valence-corrected chi connectivity index (χ3v) is 4.78. The van der Waals surface area contributed by atoms with Crippen LogP contribution in [0.1, 0.15) is 64.7 Å². The van der Waals surface area contributed by atoms with Gasteiger partial charge in [-0.1, -0.05) is 20.3 Å². The summed E-state index contributed by atoms with van der Waals surface area (Å²) >= 11 is 0. The van der Waals surface area contributed by atoms with Crippen LogP contribution in [0, 0.1) is 5.92 Å². The van der Waals surface area contributed by atoms with Gasteiger partial charge in [-0.2, -0.15) is 0 Å². The van der Waals surface area contributed by atoms with E-state index in [1.54, 1.807) is 0 Å². The molecule has 0 unspecified atom stereocenters. The van der Waals surface area contributed by atoms with Crippen molar-refractivity contribution >= 4 is 0 Å². The Morgan fingerprint density at radius 3 is 2.58 bits per heavy atom. The lowest BCUT2D eigenvalue weighted by atomic mass is 9.99. The van der Waals surface area contributed by atoms with Crippen molar-refractivity contribution in [3.05, 3.63) is 5.82 Å². The van der Waals surface area contributed by atoms with Gasteiger partial charge < -0.3 is 0 Å². The van der Waals surface area contributed by atoms with E-state index in [4.69, 9.17) is 0 Å². The zero-order chi connectivity index (χ0) is 13.4. The zero-order valence-corrected chi connectivity index (χ0v) is 12.3. The van der Waals surface area contributed by atoms with Gasteiger partial charge in [0.05, 0.1) is 12.6 Å². The van der Waals surface area contributed by atoms with E-state index in [1.165, 1.54) is 32.1 Å². The fourth-order valence-electron chi connectivity index (χ4n) is 2.76. The Labute approximate surface area is 115 Å². The fourth-order valence-corrected chi connectivity index (χ4v) is 2.76. The molecule has 0 N–H and O–H groups in total. The van der Waals surface area contributed by atoms with E-state index >= 15 is 0 Å². The van der Waals surface area contributed by atoms with Crippen LogP contribution in [-0.2, 0) is 6.54 Å². The summed E-state index contributed by atoms with van der Waals surface area (Å²) < 4.78 is 2.05. The van der Waals surface area contributed by atoms with Gasteiger partial charge in [0.1, 0.15) is 0 Å². The van der Waals surface area contributed by atoms with Crippen LogP contribution in [0.2, 0.25) is 0 Å². The summed E-state index contributed by atoms with van der Waals surface area (Å²) in [6.45, 7) is 7.90. The molecule has 0 aromatic carbocycles. The Hall–Kier alpha value is -0.970. The smallest absolute Gasteiger partial charge is 0.165 e. The average molecular weight is 263 g/mol. The predicted molar refractivity (Wildman–Crippen MR) is 73.6 cm³/mol. The van der Waals surface area contributed by atoms with E-state index in [0.29, 0.717) is 12.1 Å². The molecule has 0 bridgehead atoms. The lowest BCUT2D eigenvalue weighted by Gasteiger charge is -2.32. The van der Waals surface area contributed by atoms with Gasteiger partial charge in [0.25, 0.3) is 0 Å². The molecule has 2 fully saturated rings. The Balaban J connectivity index is 1.72. The minimum absolute atomic E-state index is 0.574. The number of tetrazole rings is 1. The molecule has 2 aliphatic carbocycles. The molecule has 2 atom stereocenters. The van der Waals surface area contributed by atoms with E-state index in [-0.39, 0.29) is 0 Å². The molecule has 3 rings (SSSR count). The van der Waals surface area contributed by atoms with Crippen LogP contribution >= 0.6 is 0 Å². The number of hydrogen-bond donors (Lipinski definition) is 0. The maximum Gasteiger partial charge on any atom is 0.165 e. The molecule has 106 valence electrons. The molecule has 0 aliphatic heterocycles. The van der Waals surface area contributed by atoms with Crippen molar-refractivity contribution in [3.8, 4) is 0 Å². The molecule has 19 heavy (non-hydrogen) atoms. The van der Waals surface area contributed by atoms with E-state index in [1.807, 2.05) is 0 Å². The summed E-state index contributed by atoms with van der Waals surface area (Å²) in [4.78, 5) is 2.62. The molecule has 2 aliphatic rings. The van der Waals surface area contributed by atoms with E-state index in [2.05, 4.69) is 45.9 Å². The lowest BCUT2D eigenvalue weighted by Crippen LogP contribution is -2.39. The van der Waals surface area contributed by atoms with E-state index < -0.39 is 0 Å². The van der Waals surface area contributed by atoms with Gasteiger partial charge in [0, 0.05) is 12.1 Å². The lowest BCUT2D eigenvalue weighted by molar-refractivity contribution is 0.135. The normalized spacial score (nSPS) is 22.7. The van der Waals surface area contributed by atoms with Crippen molar-refractivity contribution in [1.29, 1.82) is 0 Å². The standard InChI is InChI=1S/C14H25N5/c1-4-10(2)11(3)18(12-5-6-12)9-14-15-16-17-19(14)13-7-8-13/h10-13H,4-9H2,1-3H3/t10-,11+/m0/s1. The Morgan fingerprint density at radius 1 is 1.26 bits per heavy atom. The maximum absolute atomic E-state index is 4.26. The topological polar surface area (TPSA) is 46.8 Å². The summed E-state index contributed by atoms with van der Waals surface area (Å²) in [7, 11) is 0. The highest BCUT2D eigenvalue weighted by atomic mass is 15.6. The second-order valence-corrected chi connectivity index (χ2v) is 6.30.